The molecule has 20 heavy (non-hydrogen) atoms. The highest BCUT2D eigenvalue weighted by Gasteiger charge is 2.04. The van der Waals surface area contributed by atoms with Gasteiger partial charge >= 0.3 is 0 Å². The zero-order valence-corrected chi connectivity index (χ0v) is 12.7. The van der Waals surface area contributed by atoms with E-state index in [0.717, 1.165) is 0 Å². The standard InChI is InChI=1S/C13H20N4O2.ClH/c1-14-8-12(18)15-10-4-6-11(7-5-10)16-13(19)9-17(2)3;/h4-7,14H,8-9H2,1-3H3,(H,15,18)(H,16,19);1H. The van der Waals surface area contributed by atoms with Crippen molar-refractivity contribution in [3.63, 3.8) is 0 Å². The number of hydrogen-bond donors (Lipinski definition) is 3. The summed E-state index contributed by atoms with van der Waals surface area (Å²) < 4.78 is 0. The van der Waals surface area contributed by atoms with Gasteiger partial charge in [-0.15, -0.1) is 12.4 Å². The van der Waals surface area contributed by atoms with Crippen molar-refractivity contribution in [3.8, 4) is 0 Å². The Hall–Kier alpha value is -1.63. The molecule has 0 fully saturated rings. The van der Waals surface area contributed by atoms with Gasteiger partial charge in [0.15, 0.2) is 0 Å². The highest BCUT2D eigenvalue weighted by Crippen LogP contribution is 2.13. The summed E-state index contributed by atoms with van der Waals surface area (Å²) in [4.78, 5) is 24.7. The molecule has 1 rings (SSSR count). The average molecular weight is 301 g/mol. The van der Waals surface area contributed by atoms with Crippen molar-refractivity contribution in [2.75, 3.05) is 44.9 Å². The minimum Gasteiger partial charge on any atom is -0.325 e. The molecule has 0 unspecified atom stereocenters. The number of rotatable bonds is 6. The summed E-state index contributed by atoms with van der Waals surface area (Å²) in [5.41, 5.74) is 1.41. The lowest BCUT2D eigenvalue weighted by atomic mass is 10.2. The SMILES string of the molecule is CNCC(=O)Nc1ccc(NC(=O)CN(C)C)cc1.Cl. The zero-order chi connectivity index (χ0) is 14.3. The lowest BCUT2D eigenvalue weighted by Crippen LogP contribution is -2.27. The molecule has 2 amide bonds. The Balaban J connectivity index is 0.00000361. The van der Waals surface area contributed by atoms with Crippen molar-refractivity contribution < 1.29 is 9.59 Å². The number of amides is 2. The Morgan fingerprint density at radius 3 is 1.85 bits per heavy atom. The summed E-state index contributed by atoms with van der Waals surface area (Å²) in [5, 5.41) is 8.28. The molecule has 0 aliphatic heterocycles. The topological polar surface area (TPSA) is 73.5 Å². The van der Waals surface area contributed by atoms with Gasteiger partial charge in [0, 0.05) is 11.4 Å². The van der Waals surface area contributed by atoms with Crippen LogP contribution in [0.25, 0.3) is 0 Å². The zero-order valence-electron chi connectivity index (χ0n) is 11.9. The van der Waals surface area contributed by atoms with Crippen LogP contribution in [0.4, 0.5) is 11.4 Å². The van der Waals surface area contributed by atoms with Gasteiger partial charge in [0.1, 0.15) is 0 Å². The van der Waals surface area contributed by atoms with E-state index in [4.69, 9.17) is 0 Å². The molecule has 6 nitrogen and oxygen atoms in total. The van der Waals surface area contributed by atoms with Gasteiger partial charge in [-0.3, -0.25) is 9.59 Å². The Morgan fingerprint density at radius 2 is 1.45 bits per heavy atom. The van der Waals surface area contributed by atoms with Crippen LogP contribution in [0.5, 0.6) is 0 Å². The molecule has 0 radical (unpaired) electrons. The van der Waals surface area contributed by atoms with Crippen LogP contribution in [0.15, 0.2) is 24.3 Å². The first kappa shape index (κ1) is 18.4. The van der Waals surface area contributed by atoms with Gasteiger partial charge in [-0.25, -0.2) is 0 Å². The van der Waals surface area contributed by atoms with E-state index < -0.39 is 0 Å². The lowest BCUT2D eigenvalue weighted by molar-refractivity contribution is -0.117. The largest absolute Gasteiger partial charge is 0.325 e. The normalized spacial score (nSPS) is 9.80. The van der Waals surface area contributed by atoms with E-state index in [2.05, 4.69) is 16.0 Å². The second-order valence-electron chi connectivity index (χ2n) is 4.44. The summed E-state index contributed by atoms with van der Waals surface area (Å²) in [6.45, 7) is 0.599. The van der Waals surface area contributed by atoms with Gasteiger partial charge in [-0.05, 0) is 45.4 Å². The van der Waals surface area contributed by atoms with Gasteiger partial charge in [-0.2, -0.15) is 0 Å². The number of anilines is 2. The third kappa shape index (κ3) is 7.08. The van der Waals surface area contributed by atoms with Gasteiger partial charge in [0.25, 0.3) is 0 Å². The Labute approximate surface area is 125 Å². The minimum absolute atomic E-state index is 0. The Morgan fingerprint density at radius 1 is 1.00 bits per heavy atom. The minimum atomic E-state index is -0.105. The maximum Gasteiger partial charge on any atom is 0.238 e. The molecule has 7 heteroatoms. The summed E-state index contributed by atoms with van der Waals surface area (Å²) >= 11 is 0. The summed E-state index contributed by atoms with van der Waals surface area (Å²) in [5.74, 6) is -0.177. The quantitative estimate of drug-likeness (QED) is 0.725. The number of likely N-dealkylation sites (N-methyl/N-ethyl adjacent to an activating group) is 2. The first-order chi connectivity index (χ1) is 9.01. The van der Waals surface area contributed by atoms with Crippen LogP contribution >= 0.6 is 12.4 Å². The molecule has 3 N–H and O–H groups in total. The highest BCUT2D eigenvalue weighted by atomic mass is 35.5. The van der Waals surface area contributed by atoms with Crippen LogP contribution in [-0.2, 0) is 9.59 Å². The molecular formula is C13H21ClN4O2. The molecule has 0 spiro atoms. The van der Waals surface area contributed by atoms with Crippen molar-refractivity contribution in [1.82, 2.24) is 10.2 Å². The first-order valence-electron chi connectivity index (χ1n) is 6.00. The molecule has 0 aliphatic carbocycles. The molecule has 0 aromatic heterocycles. The summed E-state index contributed by atoms with van der Waals surface area (Å²) in [6, 6.07) is 7.00. The Bertz CT molecular complexity index is 435. The fourth-order valence-electron chi connectivity index (χ4n) is 1.49. The van der Waals surface area contributed by atoms with Gasteiger partial charge in [0.05, 0.1) is 13.1 Å². The molecule has 0 atom stereocenters. The molecule has 0 bridgehead atoms. The van der Waals surface area contributed by atoms with Crippen molar-refractivity contribution in [1.29, 1.82) is 0 Å². The number of halogens is 1. The molecule has 0 saturated heterocycles. The van der Waals surface area contributed by atoms with Crippen LogP contribution in [0, 0.1) is 0 Å². The predicted octanol–water partition coefficient (Wildman–Crippen LogP) is 0.766. The van der Waals surface area contributed by atoms with Crippen LogP contribution in [0.3, 0.4) is 0 Å². The molecule has 1 aromatic rings. The van der Waals surface area contributed by atoms with Crippen molar-refractivity contribution >= 4 is 35.6 Å². The van der Waals surface area contributed by atoms with Gasteiger partial charge in [-0.1, -0.05) is 0 Å². The third-order valence-corrected chi connectivity index (χ3v) is 2.25. The summed E-state index contributed by atoms with van der Waals surface area (Å²) in [7, 11) is 5.38. The highest BCUT2D eigenvalue weighted by molar-refractivity contribution is 5.94. The fraction of sp³-hybridized carbons (Fsp3) is 0.385. The molecule has 112 valence electrons. The maximum atomic E-state index is 11.5. The molecule has 0 heterocycles. The van der Waals surface area contributed by atoms with Gasteiger partial charge in [0.2, 0.25) is 11.8 Å². The molecular weight excluding hydrogens is 280 g/mol. The van der Waals surface area contributed by atoms with Crippen LogP contribution in [0.1, 0.15) is 0 Å². The van der Waals surface area contributed by atoms with E-state index in [1.807, 2.05) is 14.1 Å². The number of carbonyl (C=O) groups excluding carboxylic acids is 2. The van der Waals surface area contributed by atoms with E-state index in [1.165, 1.54) is 0 Å². The van der Waals surface area contributed by atoms with E-state index >= 15 is 0 Å². The van der Waals surface area contributed by atoms with E-state index in [-0.39, 0.29) is 30.8 Å². The van der Waals surface area contributed by atoms with E-state index in [1.54, 1.807) is 36.2 Å². The van der Waals surface area contributed by atoms with E-state index in [9.17, 15) is 9.59 Å². The van der Waals surface area contributed by atoms with Gasteiger partial charge < -0.3 is 20.9 Å². The first-order valence-corrected chi connectivity index (χ1v) is 6.00. The van der Waals surface area contributed by atoms with Crippen molar-refractivity contribution in [2.45, 2.75) is 0 Å². The number of benzene rings is 1. The Kier molecular flexibility index (Phi) is 8.54. The second-order valence-corrected chi connectivity index (χ2v) is 4.44. The number of carbonyl (C=O) groups is 2. The van der Waals surface area contributed by atoms with Crippen LogP contribution < -0.4 is 16.0 Å². The van der Waals surface area contributed by atoms with Crippen LogP contribution in [-0.4, -0.2) is 50.9 Å². The predicted molar refractivity (Wildman–Crippen MR) is 83.4 cm³/mol. The number of nitrogens with zero attached hydrogens (tertiary/aromatic N) is 1. The maximum absolute atomic E-state index is 11.5. The molecule has 1 aromatic carbocycles. The average Bonchev–Trinajstić information content (AvgIpc) is 2.31. The molecule has 0 saturated carbocycles. The second kappa shape index (κ2) is 9.30. The lowest BCUT2D eigenvalue weighted by Gasteiger charge is -2.10. The monoisotopic (exact) mass is 300 g/mol. The van der Waals surface area contributed by atoms with E-state index in [0.29, 0.717) is 17.9 Å². The summed E-state index contributed by atoms with van der Waals surface area (Å²) in [6.07, 6.45) is 0. The van der Waals surface area contributed by atoms with Crippen LogP contribution in [0.2, 0.25) is 0 Å². The van der Waals surface area contributed by atoms with Crippen molar-refractivity contribution in [2.24, 2.45) is 0 Å². The number of nitrogens with one attached hydrogen (secondary N) is 3. The van der Waals surface area contributed by atoms with Crippen molar-refractivity contribution in [3.05, 3.63) is 24.3 Å². The molecule has 0 aliphatic rings. The third-order valence-electron chi connectivity index (χ3n) is 2.25. The smallest absolute Gasteiger partial charge is 0.238 e. The fourth-order valence-corrected chi connectivity index (χ4v) is 1.49. The number of hydrogen-bond acceptors (Lipinski definition) is 4.